The van der Waals surface area contributed by atoms with E-state index in [-0.39, 0.29) is 16.3 Å². The van der Waals surface area contributed by atoms with Crippen LogP contribution in [0.15, 0.2) is 58.3 Å². The molecule has 5 nitrogen and oxygen atoms in total. The molecule has 2 aromatic rings. The number of sulfonamides is 1. The minimum absolute atomic E-state index is 0.0273. The molecule has 0 aliphatic heterocycles. The van der Waals surface area contributed by atoms with Crippen LogP contribution in [0.4, 0.5) is 0 Å². The lowest BCUT2D eigenvalue weighted by Gasteiger charge is -2.18. The zero-order valence-corrected chi connectivity index (χ0v) is 15.0. The molecule has 0 N–H and O–H groups in total. The van der Waals surface area contributed by atoms with Crippen molar-refractivity contribution in [2.45, 2.75) is 16.3 Å². The first-order valence-electron chi connectivity index (χ1n) is 6.62. The molecule has 0 unspecified atom stereocenters. The van der Waals surface area contributed by atoms with Crippen molar-refractivity contribution < 1.29 is 16.8 Å². The highest BCUT2D eigenvalue weighted by Gasteiger charge is 2.22. The third-order valence-electron chi connectivity index (χ3n) is 3.31. The Morgan fingerprint density at radius 3 is 1.96 bits per heavy atom. The molecule has 0 aliphatic carbocycles. The molecule has 0 radical (unpaired) electrons. The first-order valence-corrected chi connectivity index (χ1v) is 10.3. The summed E-state index contributed by atoms with van der Waals surface area (Å²) in [5, 5.41) is 0.488. The number of rotatable bonds is 5. The predicted octanol–water partition coefficient (Wildman–Crippen LogP) is 2.56. The van der Waals surface area contributed by atoms with Gasteiger partial charge in [0.25, 0.3) is 0 Å². The number of nitrogens with zero attached hydrogens (tertiary/aromatic N) is 1. The van der Waals surface area contributed by atoms with Crippen molar-refractivity contribution in [3.05, 3.63) is 59.1 Å². The smallest absolute Gasteiger partial charge is 0.224 e. The second-order valence-electron chi connectivity index (χ2n) is 5.10. The van der Waals surface area contributed by atoms with Gasteiger partial charge in [0.05, 0.1) is 9.79 Å². The SMILES string of the molecule is CN(Cc1ccccc1Cl)S(=O)(=O)c1ccc(S(C)(=O)=O)cc1. The van der Waals surface area contributed by atoms with Gasteiger partial charge in [-0.25, -0.2) is 16.8 Å². The molecule has 124 valence electrons. The Morgan fingerprint density at radius 1 is 0.913 bits per heavy atom. The van der Waals surface area contributed by atoms with E-state index in [0.717, 1.165) is 6.26 Å². The second-order valence-corrected chi connectivity index (χ2v) is 9.56. The maximum Gasteiger partial charge on any atom is 0.243 e. The van der Waals surface area contributed by atoms with Gasteiger partial charge >= 0.3 is 0 Å². The largest absolute Gasteiger partial charge is 0.243 e. The van der Waals surface area contributed by atoms with Crippen LogP contribution in [0.3, 0.4) is 0 Å². The van der Waals surface area contributed by atoms with E-state index in [1.807, 2.05) is 0 Å². The van der Waals surface area contributed by atoms with E-state index in [9.17, 15) is 16.8 Å². The van der Waals surface area contributed by atoms with Crippen molar-refractivity contribution in [2.24, 2.45) is 0 Å². The Kier molecular flexibility index (Phi) is 5.15. The number of hydrogen-bond donors (Lipinski definition) is 0. The van der Waals surface area contributed by atoms with E-state index >= 15 is 0 Å². The minimum atomic E-state index is -3.74. The summed E-state index contributed by atoms with van der Waals surface area (Å²) in [6.45, 7) is 0.121. The average molecular weight is 374 g/mol. The molecular formula is C15H16ClNO4S2. The molecule has 0 aromatic heterocycles. The van der Waals surface area contributed by atoms with E-state index in [0.29, 0.717) is 10.6 Å². The van der Waals surface area contributed by atoms with Crippen molar-refractivity contribution in [2.75, 3.05) is 13.3 Å². The minimum Gasteiger partial charge on any atom is -0.224 e. The van der Waals surface area contributed by atoms with Crippen LogP contribution in [0.25, 0.3) is 0 Å². The van der Waals surface area contributed by atoms with Gasteiger partial charge in [-0.2, -0.15) is 4.31 Å². The van der Waals surface area contributed by atoms with Crippen LogP contribution in [0.2, 0.25) is 5.02 Å². The van der Waals surface area contributed by atoms with E-state index in [4.69, 9.17) is 11.6 Å². The van der Waals surface area contributed by atoms with Gasteiger partial charge in [0.1, 0.15) is 0 Å². The van der Waals surface area contributed by atoms with Crippen LogP contribution in [-0.4, -0.2) is 34.4 Å². The lowest BCUT2D eigenvalue weighted by Crippen LogP contribution is -2.26. The van der Waals surface area contributed by atoms with Crippen LogP contribution >= 0.6 is 11.6 Å². The van der Waals surface area contributed by atoms with Crippen LogP contribution in [0.1, 0.15) is 5.56 Å². The summed E-state index contributed by atoms with van der Waals surface area (Å²) in [5.41, 5.74) is 0.688. The van der Waals surface area contributed by atoms with E-state index in [1.54, 1.807) is 24.3 Å². The van der Waals surface area contributed by atoms with Gasteiger partial charge in [0.15, 0.2) is 9.84 Å². The van der Waals surface area contributed by atoms with E-state index in [1.165, 1.54) is 35.6 Å². The summed E-state index contributed by atoms with van der Waals surface area (Å²) in [6.07, 6.45) is 1.07. The summed E-state index contributed by atoms with van der Waals surface area (Å²) < 4.78 is 49.1. The highest BCUT2D eigenvalue weighted by atomic mass is 35.5. The quantitative estimate of drug-likeness (QED) is 0.807. The van der Waals surface area contributed by atoms with Crippen molar-refractivity contribution in [1.82, 2.24) is 4.31 Å². The van der Waals surface area contributed by atoms with Crippen molar-refractivity contribution in [1.29, 1.82) is 0 Å². The maximum atomic E-state index is 12.5. The molecule has 0 fully saturated rings. The van der Waals surface area contributed by atoms with Crippen LogP contribution < -0.4 is 0 Å². The summed E-state index contributed by atoms with van der Waals surface area (Å²) in [6, 6.07) is 12.1. The molecule has 0 spiro atoms. The Hall–Kier alpha value is -1.41. The Morgan fingerprint density at radius 2 is 1.43 bits per heavy atom. The van der Waals surface area contributed by atoms with Crippen molar-refractivity contribution in [3.8, 4) is 0 Å². The fraction of sp³-hybridized carbons (Fsp3) is 0.200. The van der Waals surface area contributed by atoms with Gasteiger partial charge < -0.3 is 0 Å². The van der Waals surface area contributed by atoms with Gasteiger partial charge in [-0.1, -0.05) is 29.8 Å². The molecule has 0 saturated carbocycles. The highest BCUT2D eigenvalue weighted by Crippen LogP contribution is 2.22. The van der Waals surface area contributed by atoms with Crippen LogP contribution in [0.5, 0.6) is 0 Å². The summed E-state index contributed by atoms with van der Waals surface area (Å²) in [7, 11) is -5.65. The average Bonchev–Trinajstić information content (AvgIpc) is 2.48. The second kappa shape index (κ2) is 6.60. The zero-order chi connectivity index (χ0) is 17.3. The van der Waals surface area contributed by atoms with E-state index in [2.05, 4.69) is 0 Å². The molecular weight excluding hydrogens is 358 g/mol. The van der Waals surface area contributed by atoms with Gasteiger partial charge in [-0.05, 0) is 35.9 Å². The van der Waals surface area contributed by atoms with Crippen LogP contribution in [-0.2, 0) is 26.4 Å². The Bertz CT molecular complexity index is 907. The van der Waals surface area contributed by atoms with Crippen molar-refractivity contribution in [3.63, 3.8) is 0 Å². The molecule has 8 heteroatoms. The molecule has 2 aromatic carbocycles. The van der Waals surface area contributed by atoms with Gasteiger partial charge in [-0.15, -0.1) is 0 Å². The first kappa shape index (κ1) is 17.9. The molecule has 23 heavy (non-hydrogen) atoms. The molecule has 0 atom stereocenters. The van der Waals surface area contributed by atoms with Crippen LogP contribution in [0, 0.1) is 0 Å². The summed E-state index contributed by atoms with van der Waals surface area (Å²) >= 11 is 6.05. The zero-order valence-electron chi connectivity index (χ0n) is 12.6. The molecule has 0 bridgehead atoms. The normalized spacial score (nSPS) is 12.5. The molecule has 0 saturated heterocycles. The Labute approximate surface area is 141 Å². The summed E-state index contributed by atoms with van der Waals surface area (Å²) in [4.78, 5) is 0.102. The predicted molar refractivity (Wildman–Crippen MR) is 89.7 cm³/mol. The monoisotopic (exact) mass is 373 g/mol. The van der Waals surface area contributed by atoms with Gasteiger partial charge in [0, 0.05) is 24.9 Å². The summed E-state index contributed by atoms with van der Waals surface area (Å²) in [5.74, 6) is 0. The third kappa shape index (κ3) is 4.11. The van der Waals surface area contributed by atoms with Crippen molar-refractivity contribution >= 4 is 31.5 Å². The number of benzene rings is 2. The highest BCUT2D eigenvalue weighted by molar-refractivity contribution is 7.90. The number of sulfone groups is 1. The fourth-order valence-corrected chi connectivity index (χ4v) is 3.97. The Balaban J connectivity index is 2.29. The van der Waals surface area contributed by atoms with Gasteiger partial charge in [-0.3, -0.25) is 0 Å². The van der Waals surface area contributed by atoms with E-state index < -0.39 is 19.9 Å². The first-order chi connectivity index (χ1) is 10.6. The lowest BCUT2D eigenvalue weighted by atomic mass is 10.2. The third-order valence-corrected chi connectivity index (χ3v) is 6.63. The molecule has 0 aliphatic rings. The fourth-order valence-electron chi connectivity index (χ4n) is 1.99. The molecule has 2 rings (SSSR count). The topological polar surface area (TPSA) is 71.5 Å². The number of halogens is 1. The molecule has 0 heterocycles. The molecule has 0 amide bonds. The maximum absolute atomic E-state index is 12.5. The standard InChI is InChI=1S/C15H16ClNO4S2/c1-17(11-12-5-3-4-6-15(12)16)23(20,21)14-9-7-13(8-10-14)22(2,18)19/h3-10H,11H2,1-2H3. The number of hydrogen-bond acceptors (Lipinski definition) is 4. The van der Waals surface area contributed by atoms with Gasteiger partial charge in [0.2, 0.25) is 10.0 Å². The lowest BCUT2D eigenvalue weighted by molar-refractivity contribution is 0.466.